The topological polar surface area (TPSA) is 75.2 Å². The second-order valence-corrected chi connectivity index (χ2v) is 9.44. The maximum Gasteiger partial charge on any atom is 0.266 e. The number of aromatic nitrogens is 2. The second-order valence-electron chi connectivity index (χ2n) is 5.67. The smallest absolute Gasteiger partial charge is 0.266 e. The van der Waals surface area contributed by atoms with Crippen LogP contribution in [0.3, 0.4) is 0 Å². The van der Waals surface area contributed by atoms with Crippen LogP contribution in [-0.4, -0.2) is 37.8 Å². The van der Waals surface area contributed by atoms with E-state index in [4.69, 9.17) is 12.2 Å². The number of rotatable bonds is 6. The Morgan fingerprint density at radius 2 is 2.22 bits per heavy atom. The molecule has 0 spiro atoms. The number of amides is 2. The molecular weight excluding hydrogens is 468 g/mol. The predicted octanol–water partition coefficient (Wildman–Crippen LogP) is 4.23. The molecule has 2 amide bonds. The van der Waals surface area contributed by atoms with Crippen molar-refractivity contribution >= 4 is 78.6 Å². The molecule has 3 rings (SSSR count). The number of benzene rings is 1. The summed E-state index contributed by atoms with van der Waals surface area (Å²) in [6.45, 7) is 2.23. The van der Waals surface area contributed by atoms with Crippen LogP contribution in [0, 0.1) is 6.92 Å². The van der Waals surface area contributed by atoms with Crippen LogP contribution in [0.4, 0.5) is 5.13 Å². The summed E-state index contributed by atoms with van der Waals surface area (Å²) in [7, 11) is 0. The Hall–Kier alpha value is -1.62. The van der Waals surface area contributed by atoms with Crippen molar-refractivity contribution in [1.29, 1.82) is 0 Å². The van der Waals surface area contributed by atoms with E-state index in [1.54, 1.807) is 4.90 Å². The van der Waals surface area contributed by atoms with Gasteiger partial charge in [-0.1, -0.05) is 63.4 Å². The lowest BCUT2D eigenvalue weighted by molar-refractivity contribution is -0.122. The van der Waals surface area contributed by atoms with Gasteiger partial charge in [0.15, 0.2) is 0 Å². The van der Waals surface area contributed by atoms with Crippen molar-refractivity contribution in [2.45, 2.75) is 19.8 Å². The lowest BCUT2D eigenvalue weighted by Crippen LogP contribution is -2.29. The first-order valence-electron chi connectivity index (χ1n) is 8.03. The zero-order chi connectivity index (χ0) is 19.4. The van der Waals surface area contributed by atoms with E-state index in [1.807, 2.05) is 37.3 Å². The maximum absolute atomic E-state index is 12.6. The molecule has 0 saturated carbocycles. The molecule has 27 heavy (non-hydrogen) atoms. The molecule has 2 heterocycles. The number of aryl methyl sites for hydroxylation is 1. The average molecular weight is 483 g/mol. The number of carbonyl (C=O) groups is 2. The molecule has 6 nitrogen and oxygen atoms in total. The molecular formula is C17H15BrN4O2S3. The molecule has 10 heteroatoms. The Morgan fingerprint density at radius 1 is 1.41 bits per heavy atom. The van der Waals surface area contributed by atoms with Gasteiger partial charge in [0, 0.05) is 17.4 Å². The van der Waals surface area contributed by atoms with Crippen LogP contribution >= 0.6 is 51.2 Å². The van der Waals surface area contributed by atoms with Crippen molar-refractivity contribution in [2.24, 2.45) is 0 Å². The molecule has 1 aromatic heterocycles. The van der Waals surface area contributed by atoms with Gasteiger partial charge in [0.2, 0.25) is 11.0 Å². The van der Waals surface area contributed by atoms with Gasteiger partial charge >= 0.3 is 0 Å². The SMILES string of the molecule is Cc1nnc(NC(=O)CCCN2C(=O)C(=Cc3cccc(Br)c3)SC2=S)s1. The number of hydrogen-bond donors (Lipinski definition) is 1. The minimum atomic E-state index is -0.152. The van der Waals surface area contributed by atoms with Crippen LogP contribution in [0.2, 0.25) is 0 Å². The Labute approximate surface area is 178 Å². The first kappa shape index (κ1) is 20.1. The summed E-state index contributed by atoms with van der Waals surface area (Å²) in [5.74, 6) is -0.272. The van der Waals surface area contributed by atoms with Crippen LogP contribution in [0.15, 0.2) is 33.6 Å². The largest absolute Gasteiger partial charge is 0.301 e. The van der Waals surface area contributed by atoms with E-state index < -0.39 is 0 Å². The quantitative estimate of drug-likeness (QED) is 0.490. The third-order valence-corrected chi connectivity index (χ3v) is 6.20. The van der Waals surface area contributed by atoms with Crippen LogP contribution < -0.4 is 5.32 Å². The number of carbonyl (C=O) groups excluding carboxylic acids is 2. The number of hydrogen-bond acceptors (Lipinski definition) is 7. The van der Waals surface area contributed by atoms with Gasteiger partial charge in [0.1, 0.15) is 9.33 Å². The molecule has 1 fully saturated rings. The fraction of sp³-hybridized carbons (Fsp3) is 0.235. The van der Waals surface area contributed by atoms with E-state index in [2.05, 4.69) is 31.4 Å². The molecule has 0 bridgehead atoms. The Kier molecular flexibility index (Phi) is 6.74. The summed E-state index contributed by atoms with van der Waals surface area (Å²) in [6, 6.07) is 7.70. The van der Waals surface area contributed by atoms with E-state index in [0.29, 0.717) is 27.3 Å². The van der Waals surface area contributed by atoms with Crippen molar-refractivity contribution in [2.75, 3.05) is 11.9 Å². The minimum absolute atomic E-state index is 0.120. The fourth-order valence-electron chi connectivity index (χ4n) is 2.37. The van der Waals surface area contributed by atoms with Gasteiger partial charge in [-0.25, -0.2) is 0 Å². The summed E-state index contributed by atoms with van der Waals surface area (Å²) in [4.78, 5) is 26.7. The van der Waals surface area contributed by atoms with E-state index >= 15 is 0 Å². The second kappa shape index (κ2) is 9.05. The summed E-state index contributed by atoms with van der Waals surface area (Å²) >= 11 is 11.4. The molecule has 0 radical (unpaired) electrons. The summed E-state index contributed by atoms with van der Waals surface area (Å²) < 4.78 is 1.46. The first-order chi connectivity index (χ1) is 12.9. The zero-order valence-electron chi connectivity index (χ0n) is 14.3. The number of anilines is 1. The average Bonchev–Trinajstić information content (AvgIpc) is 3.12. The van der Waals surface area contributed by atoms with Gasteiger partial charge in [0.25, 0.3) is 5.91 Å². The molecule has 140 valence electrons. The summed E-state index contributed by atoms with van der Waals surface area (Å²) in [5, 5.41) is 11.7. The molecule has 1 aromatic carbocycles. The molecule has 0 unspecified atom stereocenters. The molecule has 0 atom stereocenters. The number of nitrogens with zero attached hydrogens (tertiary/aromatic N) is 3. The highest BCUT2D eigenvalue weighted by Crippen LogP contribution is 2.33. The number of thiocarbonyl (C=S) groups is 1. The van der Waals surface area contributed by atoms with Crippen molar-refractivity contribution < 1.29 is 9.59 Å². The number of nitrogens with one attached hydrogen (secondary N) is 1. The fourth-order valence-corrected chi connectivity index (χ4v) is 4.70. The van der Waals surface area contributed by atoms with Gasteiger partial charge in [-0.3, -0.25) is 14.5 Å². The van der Waals surface area contributed by atoms with E-state index in [9.17, 15) is 9.59 Å². The lowest BCUT2D eigenvalue weighted by Gasteiger charge is -2.13. The predicted molar refractivity (Wildman–Crippen MR) is 117 cm³/mol. The molecule has 2 aromatic rings. The van der Waals surface area contributed by atoms with Crippen molar-refractivity contribution in [3.63, 3.8) is 0 Å². The highest BCUT2D eigenvalue weighted by Gasteiger charge is 2.31. The first-order valence-corrected chi connectivity index (χ1v) is 10.9. The van der Waals surface area contributed by atoms with Crippen molar-refractivity contribution in [3.05, 3.63) is 44.2 Å². The minimum Gasteiger partial charge on any atom is -0.301 e. The van der Waals surface area contributed by atoms with Crippen LogP contribution in [0.5, 0.6) is 0 Å². The number of thioether (sulfide) groups is 1. The third-order valence-electron chi connectivity index (χ3n) is 3.58. The third kappa shape index (κ3) is 5.44. The van der Waals surface area contributed by atoms with Gasteiger partial charge in [-0.15, -0.1) is 10.2 Å². The van der Waals surface area contributed by atoms with Crippen molar-refractivity contribution in [1.82, 2.24) is 15.1 Å². The van der Waals surface area contributed by atoms with Crippen molar-refractivity contribution in [3.8, 4) is 0 Å². The van der Waals surface area contributed by atoms with Gasteiger partial charge in [-0.05, 0) is 37.1 Å². The Morgan fingerprint density at radius 3 is 2.93 bits per heavy atom. The molecule has 0 aliphatic carbocycles. The van der Waals surface area contributed by atoms with E-state index in [-0.39, 0.29) is 18.2 Å². The van der Waals surface area contributed by atoms with Gasteiger partial charge in [-0.2, -0.15) is 0 Å². The van der Waals surface area contributed by atoms with Crippen LogP contribution in [-0.2, 0) is 9.59 Å². The van der Waals surface area contributed by atoms with Gasteiger partial charge in [0.05, 0.1) is 4.91 Å². The maximum atomic E-state index is 12.6. The molecule has 1 saturated heterocycles. The number of halogens is 1. The Balaban J connectivity index is 1.54. The van der Waals surface area contributed by atoms with E-state index in [1.165, 1.54) is 23.1 Å². The zero-order valence-corrected chi connectivity index (χ0v) is 18.3. The highest BCUT2D eigenvalue weighted by molar-refractivity contribution is 9.10. The lowest BCUT2D eigenvalue weighted by atomic mass is 10.2. The molecule has 1 aliphatic rings. The van der Waals surface area contributed by atoms with Gasteiger partial charge < -0.3 is 5.32 Å². The molecule has 1 aliphatic heterocycles. The van der Waals surface area contributed by atoms with E-state index in [0.717, 1.165) is 15.0 Å². The monoisotopic (exact) mass is 482 g/mol. The summed E-state index contributed by atoms with van der Waals surface area (Å²) in [6.07, 6.45) is 2.62. The normalized spacial score (nSPS) is 15.6. The van der Waals surface area contributed by atoms with Crippen LogP contribution in [0.25, 0.3) is 6.08 Å². The molecule has 1 N–H and O–H groups in total. The highest BCUT2D eigenvalue weighted by atomic mass is 79.9. The standard InChI is InChI=1S/C17H15BrN4O2S3/c1-10-20-21-16(26-10)19-14(23)6-3-7-22-15(24)13(27-17(22)25)9-11-4-2-5-12(18)8-11/h2,4-5,8-9H,3,6-7H2,1H3,(H,19,21,23). The van der Waals surface area contributed by atoms with Crippen LogP contribution in [0.1, 0.15) is 23.4 Å². The summed E-state index contributed by atoms with van der Waals surface area (Å²) in [5.41, 5.74) is 0.927. The Bertz CT molecular complexity index is 928.